The van der Waals surface area contributed by atoms with Crippen molar-refractivity contribution in [3.05, 3.63) is 12.2 Å². The minimum Gasteiger partial charge on any atom is -0.383 e. The lowest BCUT2D eigenvalue weighted by Gasteiger charge is -2.11. The Labute approximate surface area is 271 Å². The van der Waals surface area contributed by atoms with Gasteiger partial charge in [0.25, 0.3) is 0 Å². The van der Waals surface area contributed by atoms with E-state index in [9.17, 15) is 9.90 Å². The summed E-state index contributed by atoms with van der Waals surface area (Å²) in [4.78, 5) is 12.1. The van der Waals surface area contributed by atoms with E-state index in [1.807, 2.05) is 0 Å². The normalized spacial score (nSPS) is 12.3. The number of amides is 1. The van der Waals surface area contributed by atoms with Crippen molar-refractivity contribution in [1.82, 2.24) is 5.32 Å². The number of unbranched alkanes of at least 4 members (excludes halogenated alkanes) is 29. The fraction of sp³-hybridized carbons (Fsp3) is 0.925. The smallest absolute Gasteiger partial charge is 0.248 e. The van der Waals surface area contributed by atoms with Gasteiger partial charge in [-0.3, -0.25) is 4.79 Å². The van der Waals surface area contributed by atoms with Gasteiger partial charge in [-0.2, -0.15) is 0 Å². The third-order valence-electron chi connectivity index (χ3n) is 9.12. The molecule has 0 rings (SSSR count). The van der Waals surface area contributed by atoms with E-state index in [0.29, 0.717) is 13.0 Å². The molecule has 256 valence electrons. The zero-order valence-electron chi connectivity index (χ0n) is 29.6. The number of carbonyl (C=O) groups is 1. The number of allylic oxidation sites excluding steroid dienone is 2. The summed E-state index contributed by atoms with van der Waals surface area (Å²) >= 11 is 0. The molecule has 0 aliphatic carbocycles. The first-order valence-corrected chi connectivity index (χ1v) is 19.8. The molecule has 0 aliphatic heterocycles. The van der Waals surface area contributed by atoms with Crippen molar-refractivity contribution in [1.29, 1.82) is 0 Å². The van der Waals surface area contributed by atoms with E-state index in [1.165, 1.54) is 186 Å². The van der Waals surface area contributed by atoms with Gasteiger partial charge in [0, 0.05) is 6.54 Å². The van der Waals surface area contributed by atoms with Crippen molar-refractivity contribution in [3.63, 3.8) is 0 Å². The van der Waals surface area contributed by atoms with Gasteiger partial charge in [-0.1, -0.05) is 199 Å². The Morgan fingerprint density at radius 1 is 0.465 bits per heavy atom. The highest BCUT2D eigenvalue weighted by molar-refractivity contribution is 5.80. The summed E-state index contributed by atoms with van der Waals surface area (Å²) < 4.78 is 0. The molecular weight excluding hydrogens is 526 g/mol. The Morgan fingerprint density at radius 2 is 0.767 bits per heavy atom. The van der Waals surface area contributed by atoms with Crippen molar-refractivity contribution < 1.29 is 9.90 Å². The molecule has 0 fully saturated rings. The molecule has 43 heavy (non-hydrogen) atoms. The summed E-state index contributed by atoms with van der Waals surface area (Å²) in [5, 5.41) is 13.1. The molecule has 1 amide bonds. The predicted molar refractivity (Wildman–Crippen MR) is 192 cm³/mol. The van der Waals surface area contributed by atoms with Crippen LogP contribution in [-0.2, 0) is 4.79 Å². The fourth-order valence-corrected chi connectivity index (χ4v) is 6.07. The van der Waals surface area contributed by atoms with Crippen LogP contribution in [-0.4, -0.2) is 23.7 Å². The fourth-order valence-electron chi connectivity index (χ4n) is 6.07. The number of carbonyl (C=O) groups excluding carboxylic acids is 1. The second kappa shape index (κ2) is 37.4. The Kier molecular flexibility index (Phi) is 36.6. The highest BCUT2D eigenvalue weighted by Crippen LogP contribution is 2.15. The molecule has 3 nitrogen and oxygen atoms in total. The summed E-state index contributed by atoms with van der Waals surface area (Å²) in [5.41, 5.74) is 0. The molecule has 3 heteroatoms. The van der Waals surface area contributed by atoms with Crippen LogP contribution < -0.4 is 5.32 Å². The van der Waals surface area contributed by atoms with Gasteiger partial charge in [0.05, 0.1) is 0 Å². The van der Waals surface area contributed by atoms with Gasteiger partial charge in [0.1, 0.15) is 6.10 Å². The maximum absolute atomic E-state index is 12.1. The lowest BCUT2D eigenvalue weighted by Crippen LogP contribution is -2.35. The Hall–Kier alpha value is -0.830. The minimum absolute atomic E-state index is 0.164. The van der Waals surface area contributed by atoms with Crippen LogP contribution in [0.15, 0.2) is 12.2 Å². The number of hydrogen-bond acceptors (Lipinski definition) is 2. The molecule has 0 aromatic rings. The second-order valence-corrected chi connectivity index (χ2v) is 13.5. The molecule has 2 N–H and O–H groups in total. The SMILES string of the molecule is CCCCCCCCC=CCCCCCCCCCCCCNC(=O)C(O)CCCCCCCCCCCCCCCC. The van der Waals surface area contributed by atoms with Crippen molar-refractivity contribution in [2.24, 2.45) is 0 Å². The Balaban J connectivity index is 3.28. The first-order chi connectivity index (χ1) is 21.2. The summed E-state index contributed by atoms with van der Waals surface area (Å²) in [6, 6.07) is 0. The second-order valence-electron chi connectivity index (χ2n) is 13.5. The standard InChI is InChI=1S/C40H79NO2/c1-3-5-7-9-11-13-15-17-19-20-21-22-23-24-26-28-30-32-34-36-38-41-40(43)39(42)37-35-33-31-29-27-25-18-16-14-12-10-8-6-4-2/h17,19,39,42H,3-16,18,20-38H2,1-2H3,(H,41,43). The van der Waals surface area contributed by atoms with Gasteiger partial charge in [-0.05, 0) is 38.5 Å². The zero-order chi connectivity index (χ0) is 31.3. The number of aliphatic hydroxyl groups excluding tert-OH is 1. The molecule has 0 aliphatic rings. The molecule has 0 aromatic heterocycles. The highest BCUT2D eigenvalue weighted by Gasteiger charge is 2.13. The van der Waals surface area contributed by atoms with Crippen LogP contribution in [0.2, 0.25) is 0 Å². The van der Waals surface area contributed by atoms with E-state index >= 15 is 0 Å². The van der Waals surface area contributed by atoms with Crippen LogP contribution in [0.25, 0.3) is 0 Å². The molecule has 0 aromatic carbocycles. The zero-order valence-corrected chi connectivity index (χ0v) is 29.6. The molecule has 1 unspecified atom stereocenters. The molecule has 1 atom stereocenters. The third kappa shape index (κ3) is 35.5. The molecule has 0 heterocycles. The molecule has 0 spiro atoms. The molecular formula is C40H79NO2. The quantitative estimate of drug-likeness (QED) is 0.0551. The van der Waals surface area contributed by atoms with Crippen LogP contribution in [0.3, 0.4) is 0 Å². The maximum Gasteiger partial charge on any atom is 0.248 e. The number of hydrogen-bond donors (Lipinski definition) is 2. The van der Waals surface area contributed by atoms with Crippen LogP contribution in [0.4, 0.5) is 0 Å². The molecule has 0 bridgehead atoms. The molecule has 0 saturated carbocycles. The van der Waals surface area contributed by atoms with E-state index in [-0.39, 0.29) is 5.91 Å². The molecule has 0 radical (unpaired) electrons. The Morgan fingerprint density at radius 3 is 1.14 bits per heavy atom. The number of nitrogens with one attached hydrogen (secondary N) is 1. The van der Waals surface area contributed by atoms with E-state index in [0.717, 1.165) is 19.3 Å². The summed E-state index contributed by atoms with van der Waals surface area (Å²) in [7, 11) is 0. The monoisotopic (exact) mass is 606 g/mol. The first kappa shape index (κ1) is 42.2. The van der Waals surface area contributed by atoms with E-state index in [4.69, 9.17) is 0 Å². The summed E-state index contributed by atoms with van der Waals surface area (Å²) in [6.07, 6.45) is 47.1. The van der Waals surface area contributed by atoms with Crippen LogP contribution in [0.5, 0.6) is 0 Å². The lowest BCUT2D eigenvalue weighted by molar-refractivity contribution is -0.129. The topological polar surface area (TPSA) is 49.3 Å². The van der Waals surface area contributed by atoms with Crippen molar-refractivity contribution in [2.45, 2.75) is 232 Å². The van der Waals surface area contributed by atoms with E-state index in [1.54, 1.807) is 0 Å². The van der Waals surface area contributed by atoms with Gasteiger partial charge < -0.3 is 10.4 Å². The van der Waals surface area contributed by atoms with Gasteiger partial charge in [0.15, 0.2) is 0 Å². The average molecular weight is 606 g/mol. The Bertz CT molecular complexity index is 561. The first-order valence-electron chi connectivity index (χ1n) is 19.8. The van der Waals surface area contributed by atoms with Crippen molar-refractivity contribution in [2.75, 3.05) is 6.54 Å². The number of aliphatic hydroxyl groups is 1. The summed E-state index contributed by atoms with van der Waals surface area (Å²) in [6.45, 7) is 5.27. The van der Waals surface area contributed by atoms with Crippen LogP contribution in [0, 0.1) is 0 Å². The largest absolute Gasteiger partial charge is 0.383 e. The highest BCUT2D eigenvalue weighted by atomic mass is 16.3. The van der Waals surface area contributed by atoms with Crippen molar-refractivity contribution in [3.8, 4) is 0 Å². The van der Waals surface area contributed by atoms with Gasteiger partial charge in [-0.25, -0.2) is 0 Å². The van der Waals surface area contributed by atoms with Crippen LogP contribution >= 0.6 is 0 Å². The van der Waals surface area contributed by atoms with Gasteiger partial charge >= 0.3 is 0 Å². The molecule has 0 saturated heterocycles. The van der Waals surface area contributed by atoms with Gasteiger partial charge in [0.2, 0.25) is 5.91 Å². The van der Waals surface area contributed by atoms with E-state index < -0.39 is 6.10 Å². The third-order valence-corrected chi connectivity index (χ3v) is 9.12. The summed E-state index contributed by atoms with van der Waals surface area (Å²) in [5.74, 6) is -0.164. The average Bonchev–Trinajstić information content (AvgIpc) is 3.01. The van der Waals surface area contributed by atoms with Crippen LogP contribution in [0.1, 0.15) is 226 Å². The lowest BCUT2D eigenvalue weighted by atomic mass is 10.0. The van der Waals surface area contributed by atoms with E-state index in [2.05, 4.69) is 31.3 Å². The van der Waals surface area contributed by atoms with Crippen molar-refractivity contribution >= 4 is 5.91 Å². The predicted octanol–water partition coefficient (Wildman–Crippen LogP) is 12.9. The minimum atomic E-state index is -0.821. The van der Waals surface area contributed by atoms with Gasteiger partial charge in [-0.15, -0.1) is 0 Å². The number of rotatable bonds is 36. The maximum atomic E-state index is 12.1.